The van der Waals surface area contributed by atoms with Gasteiger partial charge >= 0.3 is 164 Å². The molecule has 0 fully saturated rings. The summed E-state index contributed by atoms with van der Waals surface area (Å²) < 4.78 is 8.44. The van der Waals surface area contributed by atoms with Crippen molar-refractivity contribution < 1.29 is 24.1 Å². The van der Waals surface area contributed by atoms with Gasteiger partial charge in [0.05, 0.1) is 0 Å². The maximum atomic E-state index is 8.96. The van der Waals surface area contributed by atoms with Crippen LogP contribution in [0.4, 0.5) is 0 Å². The fourth-order valence-electron chi connectivity index (χ4n) is 2.62. The zero-order valence-corrected chi connectivity index (χ0v) is 17.6. The Morgan fingerprint density at radius 2 is 1.85 bits per heavy atom. The first-order valence-electron chi connectivity index (χ1n) is 8.29. The van der Waals surface area contributed by atoms with Crippen LogP contribution in [-0.2, 0) is 30.6 Å². The van der Waals surface area contributed by atoms with Crippen LogP contribution in [0, 0.1) is 18.3 Å². The second-order valence-corrected chi connectivity index (χ2v) is 7.17. The Kier molecular flexibility index (Phi) is 5.88. The molecule has 0 bridgehead atoms. The molecule has 0 N–H and O–H groups in total. The molecular weight excluding hydrogens is 496 g/mol. The van der Waals surface area contributed by atoms with Crippen LogP contribution < -0.4 is 0 Å². The summed E-state index contributed by atoms with van der Waals surface area (Å²) in [6.07, 6.45) is 0. The Morgan fingerprint density at radius 3 is 2.46 bits per heavy atom. The molecule has 6 heteroatoms. The average Bonchev–Trinajstić information content (AvgIpc) is 3.07. The van der Waals surface area contributed by atoms with Crippen LogP contribution in [0.3, 0.4) is 0 Å². The molecule has 0 aliphatic heterocycles. The number of hydrogen-bond acceptors (Lipinski definition) is 4. The van der Waals surface area contributed by atoms with Crippen LogP contribution in [0.25, 0.3) is 11.3 Å². The van der Waals surface area contributed by atoms with Crippen molar-refractivity contribution in [2.75, 3.05) is 6.61 Å². The van der Waals surface area contributed by atoms with Gasteiger partial charge in [0.2, 0.25) is 0 Å². The fourth-order valence-corrected chi connectivity index (χ4v) is 3.53. The second kappa shape index (κ2) is 8.31. The summed E-state index contributed by atoms with van der Waals surface area (Å²) in [6.45, 7) is 5.22. The van der Waals surface area contributed by atoms with Gasteiger partial charge in [0.25, 0.3) is 0 Å². The van der Waals surface area contributed by atoms with Crippen LogP contribution in [0.15, 0.2) is 48.5 Å². The first-order chi connectivity index (χ1) is 12.6. The van der Waals surface area contributed by atoms with Crippen LogP contribution >= 0.6 is 0 Å². The molecule has 0 amide bonds. The quantitative estimate of drug-likeness (QED) is 0.507. The fraction of sp³-hybridized carbons (Fsp3) is 0.200. The molecule has 26 heavy (non-hydrogen) atoms. The van der Waals surface area contributed by atoms with Gasteiger partial charge in [-0.3, -0.25) is 0 Å². The molecule has 1 aromatic heterocycles. The molecular formula is C20H18N4OW. The van der Waals surface area contributed by atoms with Crippen molar-refractivity contribution in [3.8, 4) is 17.3 Å². The molecule has 3 aromatic rings. The number of aryl methyl sites for hydroxylation is 1. The third-order valence-electron chi connectivity index (χ3n) is 3.94. The van der Waals surface area contributed by atoms with Crippen molar-refractivity contribution in [1.82, 2.24) is 15.0 Å². The number of aromatic nitrogens is 3. The molecule has 0 spiro atoms. The van der Waals surface area contributed by atoms with Gasteiger partial charge in [-0.15, -0.1) is 0 Å². The van der Waals surface area contributed by atoms with Gasteiger partial charge in [-0.25, -0.2) is 0 Å². The molecule has 2 aromatic carbocycles. The predicted octanol–water partition coefficient (Wildman–Crippen LogP) is 3.23. The van der Waals surface area contributed by atoms with Crippen molar-refractivity contribution in [1.29, 1.82) is 5.26 Å². The number of nitrogens with zero attached hydrogens (tertiary/aromatic N) is 4. The summed E-state index contributed by atoms with van der Waals surface area (Å²) >= 11 is 1.22. The zero-order valence-electron chi connectivity index (χ0n) is 14.6. The van der Waals surface area contributed by atoms with E-state index >= 15 is 0 Å². The van der Waals surface area contributed by atoms with E-state index in [2.05, 4.69) is 47.6 Å². The summed E-state index contributed by atoms with van der Waals surface area (Å²) in [6, 6.07) is 18.0. The Balaban J connectivity index is 2.02. The van der Waals surface area contributed by atoms with Gasteiger partial charge in [-0.05, 0) is 0 Å². The van der Waals surface area contributed by atoms with Gasteiger partial charge in [0.1, 0.15) is 0 Å². The number of benzene rings is 2. The van der Waals surface area contributed by atoms with E-state index in [4.69, 9.17) is 10.00 Å². The van der Waals surface area contributed by atoms with Crippen LogP contribution in [0.1, 0.15) is 29.3 Å². The molecule has 5 nitrogen and oxygen atoms in total. The SMILES string of the molecule is CCO[C](=[W])c1nnn(Cc2ccc(C#N)cc2)c1-c1ccc(C)cc1. The normalized spacial score (nSPS) is 10.5. The number of nitriles is 1. The molecule has 0 radical (unpaired) electrons. The molecule has 1 heterocycles. The predicted molar refractivity (Wildman–Crippen MR) is 96.2 cm³/mol. The number of ether oxygens (including phenoxy) is 1. The van der Waals surface area contributed by atoms with Gasteiger partial charge < -0.3 is 0 Å². The minimum absolute atomic E-state index is 0.580. The Labute approximate surface area is 163 Å². The van der Waals surface area contributed by atoms with Gasteiger partial charge in [0, 0.05) is 0 Å². The van der Waals surface area contributed by atoms with Gasteiger partial charge in [-0.1, -0.05) is 0 Å². The van der Waals surface area contributed by atoms with E-state index < -0.39 is 0 Å². The van der Waals surface area contributed by atoms with Crippen molar-refractivity contribution in [3.63, 3.8) is 0 Å². The Hall–Kier alpha value is -2.41. The third-order valence-corrected chi connectivity index (χ3v) is 5.06. The average molecular weight is 514 g/mol. The first kappa shape index (κ1) is 18.4. The van der Waals surface area contributed by atoms with E-state index in [1.165, 1.54) is 24.9 Å². The molecule has 3 rings (SSSR count). The van der Waals surface area contributed by atoms with E-state index in [1.54, 1.807) is 0 Å². The molecule has 0 atom stereocenters. The van der Waals surface area contributed by atoms with Gasteiger partial charge in [0.15, 0.2) is 0 Å². The summed E-state index contributed by atoms with van der Waals surface area (Å²) in [5, 5.41) is 17.7. The Morgan fingerprint density at radius 1 is 1.15 bits per heavy atom. The van der Waals surface area contributed by atoms with Crippen molar-refractivity contribution >= 4 is 4.08 Å². The maximum absolute atomic E-state index is 8.96. The van der Waals surface area contributed by atoms with E-state index in [0.29, 0.717) is 18.7 Å². The molecule has 0 saturated carbocycles. The van der Waals surface area contributed by atoms with E-state index in [-0.39, 0.29) is 0 Å². The van der Waals surface area contributed by atoms with Crippen molar-refractivity contribution in [2.24, 2.45) is 0 Å². The summed E-state index contributed by atoms with van der Waals surface area (Å²) in [5.74, 6) is 0. The van der Waals surface area contributed by atoms with Crippen molar-refractivity contribution in [3.05, 3.63) is 70.9 Å². The topological polar surface area (TPSA) is 63.7 Å². The Bertz CT molecular complexity index is 953. The molecule has 0 unspecified atom stereocenters. The van der Waals surface area contributed by atoms with Crippen LogP contribution in [0.5, 0.6) is 0 Å². The summed E-state index contributed by atoms with van der Waals surface area (Å²) in [7, 11) is 0. The van der Waals surface area contributed by atoms with Crippen LogP contribution in [-0.4, -0.2) is 25.7 Å². The summed E-state index contributed by atoms with van der Waals surface area (Å²) in [4.78, 5) is 0. The summed E-state index contributed by atoms with van der Waals surface area (Å²) in [5.41, 5.74) is 5.72. The van der Waals surface area contributed by atoms with Gasteiger partial charge in [-0.2, -0.15) is 0 Å². The molecule has 0 aliphatic carbocycles. The molecule has 0 aliphatic rings. The number of rotatable bonds is 6. The second-order valence-electron chi connectivity index (χ2n) is 5.84. The molecule has 130 valence electrons. The third kappa shape index (κ3) is 4.04. The van der Waals surface area contributed by atoms with E-state index in [9.17, 15) is 0 Å². The van der Waals surface area contributed by atoms with E-state index in [1.807, 2.05) is 35.9 Å². The van der Waals surface area contributed by atoms with Crippen LogP contribution in [0.2, 0.25) is 0 Å². The minimum atomic E-state index is 0.580. The van der Waals surface area contributed by atoms with Crippen molar-refractivity contribution in [2.45, 2.75) is 20.4 Å². The van der Waals surface area contributed by atoms with E-state index in [0.717, 1.165) is 26.6 Å². The molecule has 0 saturated heterocycles. The monoisotopic (exact) mass is 514 g/mol. The zero-order chi connectivity index (χ0) is 18.5. The number of hydrogen-bond donors (Lipinski definition) is 0. The standard InChI is InChI=1S/C20H18N4O.W/c1-3-25-14-19-20(18-10-4-15(2)5-11-18)24(23-22-19)13-17-8-6-16(12-21)7-9-17;/h4-11H,3,13H2,1-2H3;. The first-order valence-corrected chi connectivity index (χ1v) is 9.75.